The van der Waals surface area contributed by atoms with Gasteiger partial charge in [0.05, 0.1) is 11.0 Å². The molecule has 0 radical (unpaired) electrons. The number of aromatic nitrogens is 1. The monoisotopic (exact) mass is 1530 g/mol. The van der Waals surface area contributed by atoms with Crippen molar-refractivity contribution in [2.24, 2.45) is 0 Å². The fourth-order valence-electron chi connectivity index (χ4n) is 20.3. The largest absolute Gasteiger partial charge is 0.342 e. The predicted molar refractivity (Wildman–Crippen MR) is 511 cm³/mol. The van der Waals surface area contributed by atoms with Crippen molar-refractivity contribution in [2.45, 2.75) is 19.4 Å². The van der Waals surface area contributed by atoms with Crippen molar-refractivity contribution in [3.8, 4) is 83.6 Å². The zero-order chi connectivity index (χ0) is 79.1. The maximum Gasteiger partial charge on any atom is 0.252 e. The van der Waals surface area contributed by atoms with Crippen LogP contribution in [0.5, 0.6) is 0 Å². The molecule has 3 heterocycles. The third-order valence-electron chi connectivity index (χ3n) is 25.7. The molecule has 5 heteroatoms. The standard InChI is InChI=1S/C115H81BN4/c1-7-28-78(29-8-1)80-54-59-90(60-55-80)119(91-61-56-81(57-62-91)79-30-9-2-10-31-79)76-77-70-111-115-112(71-77)118(69-67-98-95(84-36-15-5-16-37-84)47-27-48-96(98)85-38-17-6-18-39-85)110-75-92(120-107-52-21-19-43-99(107)100-44-20-22-53-108(100)120)63-64-105(110)116(115)106-74-87(89-72-88-42-25-50-102-101-49-23-40-86-41-24-51-103(113(86)101)104(73-89)114(88)102)58-65-109(106)117(111)68-66-97-93(82-32-11-3-12-33-82)45-26-46-94(97)83-34-13-4-14-35-83/h1-65,70-75H,66-69,76H2. The minimum Gasteiger partial charge on any atom is -0.342 e. The molecule has 0 saturated carbocycles. The van der Waals surface area contributed by atoms with E-state index >= 15 is 0 Å². The van der Waals surface area contributed by atoms with Gasteiger partial charge in [-0.05, 0) is 246 Å². The van der Waals surface area contributed by atoms with Gasteiger partial charge in [-0.15, -0.1) is 0 Å². The number of para-hydroxylation sites is 2. The maximum absolute atomic E-state index is 2.77. The Morgan fingerprint density at radius 1 is 0.242 bits per heavy atom. The first-order valence-electron chi connectivity index (χ1n) is 42.2. The molecule has 23 rings (SSSR count). The van der Waals surface area contributed by atoms with E-state index in [0.717, 1.165) is 29.9 Å². The second-order valence-corrected chi connectivity index (χ2v) is 32.3. The summed E-state index contributed by atoms with van der Waals surface area (Å²) >= 11 is 0. The van der Waals surface area contributed by atoms with Gasteiger partial charge in [-0.25, -0.2) is 0 Å². The first-order chi connectivity index (χ1) is 59.5. The molecule has 0 atom stereocenters. The summed E-state index contributed by atoms with van der Waals surface area (Å²) in [6, 6.07) is 162. The van der Waals surface area contributed by atoms with Crippen LogP contribution in [0.25, 0.3) is 148 Å². The van der Waals surface area contributed by atoms with Gasteiger partial charge in [0.25, 0.3) is 6.71 Å². The van der Waals surface area contributed by atoms with Crippen molar-refractivity contribution >= 4 is 122 Å². The molecule has 0 bridgehead atoms. The summed E-state index contributed by atoms with van der Waals surface area (Å²) in [7, 11) is 0. The number of rotatable bonds is 18. The molecule has 120 heavy (non-hydrogen) atoms. The smallest absolute Gasteiger partial charge is 0.252 e. The van der Waals surface area contributed by atoms with Crippen LogP contribution in [-0.2, 0) is 19.4 Å². The Hall–Kier alpha value is -15.0. The molecule has 564 valence electrons. The minimum absolute atomic E-state index is 0.208. The van der Waals surface area contributed by atoms with Gasteiger partial charge in [-0.3, -0.25) is 0 Å². The van der Waals surface area contributed by atoms with Crippen LogP contribution in [0.3, 0.4) is 0 Å². The third kappa shape index (κ3) is 12.1. The van der Waals surface area contributed by atoms with E-state index in [1.54, 1.807) is 0 Å². The van der Waals surface area contributed by atoms with Crippen LogP contribution in [0, 0.1) is 0 Å². The lowest BCUT2D eigenvalue weighted by molar-refractivity contribution is 0.899. The third-order valence-corrected chi connectivity index (χ3v) is 25.7. The summed E-state index contributed by atoms with van der Waals surface area (Å²) in [5.74, 6) is 0. The quantitative estimate of drug-likeness (QED) is 0.0483. The number of benzene rings is 20. The van der Waals surface area contributed by atoms with E-state index in [2.05, 4.69) is 450 Å². The molecule has 0 spiro atoms. The molecule has 4 nitrogen and oxygen atoms in total. The van der Waals surface area contributed by atoms with E-state index in [1.165, 1.54) is 199 Å². The summed E-state index contributed by atoms with van der Waals surface area (Å²) in [4.78, 5) is 8.07. The second kappa shape index (κ2) is 29.6. The Morgan fingerprint density at radius 2 is 0.633 bits per heavy atom. The molecular formula is C115H81BN4. The van der Waals surface area contributed by atoms with Crippen LogP contribution in [0.2, 0.25) is 0 Å². The Morgan fingerprint density at radius 3 is 1.12 bits per heavy atom. The van der Waals surface area contributed by atoms with Gasteiger partial charge in [-0.2, -0.15) is 0 Å². The maximum atomic E-state index is 2.77. The van der Waals surface area contributed by atoms with Crippen LogP contribution in [-0.4, -0.2) is 24.4 Å². The van der Waals surface area contributed by atoms with Crippen LogP contribution >= 0.6 is 0 Å². The van der Waals surface area contributed by atoms with Crippen molar-refractivity contribution in [2.75, 3.05) is 27.8 Å². The molecule has 2 aliphatic heterocycles. The normalized spacial score (nSPS) is 12.3. The lowest BCUT2D eigenvalue weighted by atomic mass is 9.33. The first kappa shape index (κ1) is 70.4. The topological polar surface area (TPSA) is 14.7 Å². The van der Waals surface area contributed by atoms with Crippen LogP contribution < -0.4 is 31.1 Å². The number of hydrogen-bond donors (Lipinski definition) is 0. The highest BCUT2D eigenvalue weighted by Gasteiger charge is 2.44. The highest BCUT2D eigenvalue weighted by Crippen LogP contribution is 2.48. The zero-order valence-electron chi connectivity index (χ0n) is 66.4. The molecule has 21 aromatic rings. The van der Waals surface area contributed by atoms with Gasteiger partial charge in [-0.1, -0.05) is 352 Å². The van der Waals surface area contributed by atoms with Crippen LogP contribution in [0.1, 0.15) is 16.7 Å². The van der Waals surface area contributed by atoms with E-state index in [1.807, 2.05) is 0 Å². The molecule has 20 aromatic carbocycles. The second-order valence-electron chi connectivity index (χ2n) is 32.3. The average molecular weight is 1530 g/mol. The van der Waals surface area contributed by atoms with Gasteiger partial charge in [0, 0.05) is 70.2 Å². The molecule has 0 fully saturated rings. The SMILES string of the molecule is c1ccc(-c2ccc(N(Cc3cc4c5c(c3)N(CCc3c(-c6ccccc6)cccc3-c3ccccc3)c3cc(-n6c7ccccc7c7ccccc76)ccc3B5c3cc(-c5cc6cccc7c8cccc9cccc(c(c5)c67)c98)ccc3N4CCc3c(-c4ccccc4)cccc3-c3ccccc3)c3ccc(-c4ccccc4)cc3)cc2)cc1. The summed E-state index contributed by atoms with van der Waals surface area (Å²) in [6.45, 7) is 1.70. The van der Waals surface area contributed by atoms with E-state index in [0.29, 0.717) is 19.6 Å². The summed E-state index contributed by atoms with van der Waals surface area (Å²) < 4.78 is 2.52. The van der Waals surface area contributed by atoms with Crippen molar-refractivity contribution in [3.05, 3.63) is 447 Å². The van der Waals surface area contributed by atoms with Crippen LogP contribution in [0.4, 0.5) is 34.1 Å². The predicted octanol–water partition coefficient (Wildman–Crippen LogP) is 27.7. The van der Waals surface area contributed by atoms with Crippen molar-refractivity contribution in [1.29, 1.82) is 0 Å². The van der Waals surface area contributed by atoms with Gasteiger partial charge in [0.1, 0.15) is 0 Å². The fourth-order valence-corrected chi connectivity index (χ4v) is 20.3. The lowest BCUT2D eigenvalue weighted by Gasteiger charge is -2.45. The zero-order valence-corrected chi connectivity index (χ0v) is 66.4. The molecule has 0 amide bonds. The summed E-state index contributed by atoms with van der Waals surface area (Å²) in [5, 5.41) is 12.8. The van der Waals surface area contributed by atoms with Crippen molar-refractivity contribution in [3.63, 3.8) is 0 Å². The Labute approximate surface area is 700 Å². The van der Waals surface area contributed by atoms with Gasteiger partial charge in [0.2, 0.25) is 0 Å². The first-order valence-corrected chi connectivity index (χ1v) is 42.2. The van der Waals surface area contributed by atoms with Crippen LogP contribution in [0.15, 0.2) is 431 Å². The van der Waals surface area contributed by atoms with Gasteiger partial charge in [0.15, 0.2) is 0 Å². The van der Waals surface area contributed by atoms with E-state index in [-0.39, 0.29) is 6.71 Å². The molecule has 0 N–H and O–H groups in total. The van der Waals surface area contributed by atoms with E-state index in [4.69, 9.17) is 0 Å². The van der Waals surface area contributed by atoms with Gasteiger partial charge < -0.3 is 19.3 Å². The Kier molecular flexibility index (Phi) is 17.4. The molecule has 0 aliphatic carbocycles. The summed E-state index contributed by atoms with van der Waals surface area (Å²) in [6.07, 6.45) is 1.48. The highest BCUT2D eigenvalue weighted by molar-refractivity contribution is 7.00. The molecule has 0 saturated heterocycles. The molecule has 2 aliphatic rings. The lowest BCUT2D eigenvalue weighted by Crippen LogP contribution is -2.62. The average Bonchev–Trinajstić information content (AvgIpc) is 0.783. The molecule has 0 unspecified atom stereocenters. The van der Waals surface area contributed by atoms with Crippen molar-refractivity contribution < 1.29 is 0 Å². The van der Waals surface area contributed by atoms with Crippen molar-refractivity contribution in [1.82, 2.24) is 4.57 Å². The Balaban J connectivity index is 0.792. The molecule has 1 aromatic heterocycles. The Bertz CT molecular complexity index is 7220. The van der Waals surface area contributed by atoms with E-state index in [9.17, 15) is 0 Å². The van der Waals surface area contributed by atoms with E-state index < -0.39 is 0 Å². The number of nitrogens with zero attached hydrogens (tertiary/aromatic N) is 4. The fraction of sp³-hybridized carbons (Fsp3) is 0.0435. The molecular weight excluding hydrogens is 1450 g/mol. The summed E-state index contributed by atoms with van der Waals surface area (Å²) in [5.41, 5.74) is 35.2. The number of hydrogen-bond acceptors (Lipinski definition) is 3. The van der Waals surface area contributed by atoms with Gasteiger partial charge >= 0.3 is 0 Å². The highest BCUT2D eigenvalue weighted by atomic mass is 15.2. The number of anilines is 6. The number of fused-ring (bicyclic) bond motifs is 9. The minimum atomic E-state index is -0.208.